The molecule has 0 bridgehead atoms. The second-order valence-electron chi connectivity index (χ2n) is 3.95. The summed E-state index contributed by atoms with van der Waals surface area (Å²) in [6.07, 6.45) is 0. The van der Waals surface area contributed by atoms with Crippen molar-refractivity contribution >= 4 is 39.1 Å². The van der Waals surface area contributed by atoms with Gasteiger partial charge in [0.2, 0.25) is 0 Å². The summed E-state index contributed by atoms with van der Waals surface area (Å²) in [7, 11) is 0. The maximum Gasteiger partial charge on any atom is 0.144 e. The van der Waals surface area contributed by atoms with E-state index in [4.69, 9.17) is 27.9 Å². The van der Waals surface area contributed by atoms with Crippen LogP contribution in [0, 0.1) is 0 Å². The molecule has 0 aliphatic rings. The summed E-state index contributed by atoms with van der Waals surface area (Å²) in [6, 6.07) is 11.0. The molecule has 0 unspecified atom stereocenters. The zero-order valence-electron chi connectivity index (χ0n) is 9.87. The van der Waals surface area contributed by atoms with Gasteiger partial charge in [-0.2, -0.15) is 0 Å². The van der Waals surface area contributed by atoms with E-state index in [2.05, 4.69) is 15.9 Å². The first-order valence-corrected chi connectivity index (χ1v) is 7.11. The van der Waals surface area contributed by atoms with Gasteiger partial charge in [-0.15, -0.1) is 0 Å². The van der Waals surface area contributed by atoms with Gasteiger partial charge in [0.05, 0.1) is 11.6 Å². The second-order valence-corrected chi connectivity index (χ2v) is 5.71. The highest BCUT2D eigenvalue weighted by molar-refractivity contribution is 9.10. The van der Waals surface area contributed by atoms with Crippen LogP contribution in [0.5, 0.6) is 5.75 Å². The van der Waals surface area contributed by atoms with Gasteiger partial charge in [0, 0.05) is 15.1 Å². The number of hydrogen-bond acceptors (Lipinski definition) is 2. The Morgan fingerprint density at radius 1 is 1.11 bits per heavy atom. The molecule has 2 aromatic rings. The van der Waals surface area contributed by atoms with Crippen LogP contribution in [0.15, 0.2) is 40.9 Å². The normalized spacial score (nSPS) is 10.5. The molecule has 0 aliphatic carbocycles. The molecule has 0 aliphatic heterocycles. The fourth-order valence-electron chi connectivity index (χ4n) is 1.63. The fraction of sp³-hybridized carbons (Fsp3) is 0.143. The smallest absolute Gasteiger partial charge is 0.144 e. The first-order valence-electron chi connectivity index (χ1n) is 5.56. The highest BCUT2D eigenvalue weighted by Crippen LogP contribution is 2.33. The van der Waals surface area contributed by atoms with Crippen molar-refractivity contribution in [2.24, 2.45) is 0 Å². The topological polar surface area (TPSA) is 29.5 Å². The van der Waals surface area contributed by atoms with E-state index in [1.807, 2.05) is 24.3 Å². The van der Waals surface area contributed by atoms with Crippen LogP contribution < -0.4 is 4.74 Å². The zero-order valence-corrected chi connectivity index (χ0v) is 13.0. The van der Waals surface area contributed by atoms with Gasteiger partial charge in [-0.3, -0.25) is 0 Å². The molecule has 0 radical (unpaired) electrons. The summed E-state index contributed by atoms with van der Waals surface area (Å²) in [5, 5.41) is 10.2. The maximum absolute atomic E-state index is 9.30. The molecule has 0 atom stereocenters. The monoisotopic (exact) mass is 360 g/mol. The number of hydrogen-bond donors (Lipinski definition) is 1. The zero-order chi connectivity index (χ0) is 13.8. The van der Waals surface area contributed by atoms with Crippen LogP contribution in [-0.4, -0.2) is 5.11 Å². The molecule has 1 N–H and O–H groups in total. The molecule has 2 nitrogen and oxygen atoms in total. The van der Waals surface area contributed by atoms with E-state index < -0.39 is 0 Å². The summed E-state index contributed by atoms with van der Waals surface area (Å²) >= 11 is 15.3. The first-order chi connectivity index (χ1) is 9.10. The van der Waals surface area contributed by atoms with E-state index in [1.54, 1.807) is 12.1 Å². The Morgan fingerprint density at radius 2 is 1.79 bits per heavy atom. The molecule has 2 aromatic carbocycles. The molecular weight excluding hydrogens is 351 g/mol. The number of aliphatic hydroxyl groups excluding tert-OH is 1. The number of ether oxygens (including phenoxy) is 1. The minimum atomic E-state index is -0.171. The Labute approximate surface area is 130 Å². The molecule has 5 heteroatoms. The van der Waals surface area contributed by atoms with Crippen LogP contribution in [-0.2, 0) is 13.2 Å². The van der Waals surface area contributed by atoms with Crippen molar-refractivity contribution in [3.8, 4) is 5.75 Å². The lowest BCUT2D eigenvalue weighted by atomic mass is 10.2. The van der Waals surface area contributed by atoms with Crippen LogP contribution in [0.25, 0.3) is 0 Å². The lowest BCUT2D eigenvalue weighted by molar-refractivity contribution is 0.259. The summed E-state index contributed by atoms with van der Waals surface area (Å²) in [6.45, 7) is 0.206. The van der Waals surface area contributed by atoms with Gasteiger partial charge in [0.15, 0.2) is 0 Å². The Morgan fingerprint density at radius 3 is 2.42 bits per heavy atom. The second kappa shape index (κ2) is 6.62. The van der Waals surface area contributed by atoms with Crippen LogP contribution in [0.2, 0.25) is 10.0 Å². The molecule has 0 saturated carbocycles. The van der Waals surface area contributed by atoms with Gasteiger partial charge in [-0.25, -0.2) is 0 Å². The van der Waals surface area contributed by atoms with Crippen molar-refractivity contribution < 1.29 is 9.84 Å². The summed E-state index contributed by atoms with van der Waals surface area (Å²) in [5.74, 6) is 0.469. The molecule has 0 aromatic heterocycles. The minimum absolute atomic E-state index is 0.171. The van der Waals surface area contributed by atoms with Crippen LogP contribution in [0.3, 0.4) is 0 Å². The third-order valence-corrected chi connectivity index (χ3v) is 3.58. The predicted octanol–water partition coefficient (Wildman–Crippen LogP) is 4.83. The van der Waals surface area contributed by atoms with Crippen LogP contribution in [0.1, 0.15) is 11.1 Å². The van der Waals surface area contributed by atoms with Crippen molar-refractivity contribution in [3.63, 3.8) is 0 Å². The number of benzene rings is 2. The third kappa shape index (κ3) is 3.86. The molecular formula is C14H11BrCl2O2. The standard InChI is InChI=1S/C14H11BrCl2O2/c15-11-3-1-9(2-4-11)8-19-14-10(7-18)5-12(16)6-13(14)17/h1-6,18H,7-8H2. The Balaban J connectivity index is 2.17. The van der Waals surface area contributed by atoms with Gasteiger partial charge in [0.1, 0.15) is 12.4 Å². The van der Waals surface area contributed by atoms with Crippen molar-refractivity contribution in [2.75, 3.05) is 0 Å². The van der Waals surface area contributed by atoms with Gasteiger partial charge in [0.25, 0.3) is 0 Å². The molecule has 2 rings (SSSR count). The van der Waals surface area contributed by atoms with E-state index in [0.29, 0.717) is 28.0 Å². The van der Waals surface area contributed by atoms with Gasteiger partial charge >= 0.3 is 0 Å². The first kappa shape index (κ1) is 14.7. The van der Waals surface area contributed by atoms with Crippen molar-refractivity contribution in [1.82, 2.24) is 0 Å². The van der Waals surface area contributed by atoms with Gasteiger partial charge in [-0.05, 0) is 29.8 Å². The predicted molar refractivity (Wildman–Crippen MR) is 80.9 cm³/mol. The lowest BCUT2D eigenvalue weighted by Gasteiger charge is -2.12. The summed E-state index contributed by atoms with van der Waals surface area (Å²) in [4.78, 5) is 0. The van der Waals surface area contributed by atoms with Crippen molar-refractivity contribution in [1.29, 1.82) is 0 Å². The fourth-order valence-corrected chi connectivity index (χ4v) is 2.48. The number of aliphatic hydroxyl groups is 1. The average Bonchev–Trinajstić information content (AvgIpc) is 2.39. The van der Waals surface area contributed by atoms with Crippen molar-refractivity contribution in [3.05, 3.63) is 62.0 Å². The molecule has 0 amide bonds. The largest absolute Gasteiger partial charge is 0.487 e. The Bertz CT molecular complexity index is 570. The third-order valence-electron chi connectivity index (χ3n) is 2.55. The van der Waals surface area contributed by atoms with Gasteiger partial charge in [-0.1, -0.05) is 51.3 Å². The van der Waals surface area contributed by atoms with E-state index in [0.717, 1.165) is 10.0 Å². The average molecular weight is 362 g/mol. The minimum Gasteiger partial charge on any atom is -0.487 e. The molecule has 0 saturated heterocycles. The molecule has 100 valence electrons. The quantitative estimate of drug-likeness (QED) is 0.845. The van der Waals surface area contributed by atoms with Crippen LogP contribution in [0.4, 0.5) is 0 Å². The molecule has 19 heavy (non-hydrogen) atoms. The molecule has 0 heterocycles. The lowest BCUT2D eigenvalue weighted by Crippen LogP contribution is -1.99. The molecule has 0 fully saturated rings. The van der Waals surface area contributed by atoms with E-state index in [1.165, 1.54) is 0 Å². The highest BCUT2D eigenvalue weighted by Gasteiger charge is 2.10. The van der Waals surface area contributed by atoms with Crippen LogP contribution >= 0.6 is 39.1 Å². The number of rotatable bonds is 4. The summed E-state index contributed by atoms with van der Waals surface area (Å²) in [5.41, 5.74) is 1.59. The molecule has 0 spiro atoms. The summed E-state index contributed by atoms with van der Waals surface area (Å²) < 4.78 is 6.68. The van der Waals surface area contributed by atoms with Gasteiger partial charge < -0.3 is 9.84 Å². The Hall–Kier alpha value is -0.740. The number of halogens is 3. The maximum atomic E-state index is 9.30. The van der Waals surface area contributed by atoms with E-state index in [-0.39, 0.29) is 6.61 Å². The highest BCUT2D eigenvalue weighted by atomic mass is 79.9. The van der Waals surface area contributed by atoms with E-state index >= 15 is 0 Å². The van der Waals surface area contributed by atoms with E-state index in [9.17, 15) is 5.11 Å². The SMILES string of the molecule is OCc1cc(Cl)cc(Cl)c1OCc1ccc(Br)cc1. The Kier molecular flexibility index (Phi) is 5.11. The van der Waals surface area contributed by atoms with Crippen molar-refractivity contribution in [2.45, 2.75) is 13.2 Å².